The summed E-state index contributed by atoms with van der Waals surface area (Å²) in [6, 6.07) is 5.24. The van der Waals surface area contributed by atoms with Crippen molar-refractivity contribution in [3.63, 3.8) is 0 Å². The zero-order valence-corrected chi connectivity index (χ0v) is 11.7. The summed E-state index contributed by atoms with van der Waals surface area (Å²) in [6.45, 7) is 2.44. The summed E-state index contributed by atoms with van der Waals surface area (Å²) in [6.07, 6.45) is -0.761. The van der Waals surface area contributed by atoms with E-state index in [9.17, 15) is 14.7 Å². The molecule has 0 saturated carbocycles. The van der Waals surface area contributed by atoms with E-state index in [1.165, 1.54) is 0 Å². The van der Waals surface area contributed by atoms with E-state index in [1.54, 1.807) is 24.3 Å². The van der Waals surface area contributed by atoms with Gasteiger partial charge in [-0.15, -0.1) is 0 Å². The number of likely N-dealkylation sites (tertiary alicyclic amines) is 1. The number of benzene rings is 1. The number of rotatable bonds is 4. The smallest absolute Gasteiger partial charge is 0.326 e. The first-order valence-corrected chi connectivity index (χ1v) is 6.72. The second kappa shape index (κ2) is 6.45. The average molecular weight is 294 g/mol. The molecule has 1 fully saturated rings. The lowest BCUT2D eigenvalue weighted by Gasteiger charge is -2.21. The number of hydrogen-bond donors (Lipinski definition) is 3. The molecule has 0 bridgehead atoms. The minimum absolute atomic E-state index is 0.0137. The third-order valence-electron chi connectivity index (χ3n) is 3.24. The van der Waals surface area contributed by atoms with E-state index < -0.39 is 24.1 Å². The van der Waals surface area contributed by atoms with Crippen molar-refractivity contribution >= 4 is 17.7 Å². The Kier molecular flexibility index (Phi) is 4.64. The number of nitrogens with zero attached hydrogens (tertiary/aromatic N) is 1. The number of urea groups is 1. The average Bonchev–Trinajstić information content (AvgIpc) is 2.84. The fraction of sp³-hybridized carbons (Fsp3) is 0.429. The van der Waals surface area contributed by atoms with Crippen molar-refractivity contribution in [3.05, 3.63) is 24.3 Å². The summed E-state index contributed by atoms with van der Waals surface area (Å²) < 4.78 is 5.29. The summed E-state index contributed by atoms with van der Waals surface area (Å²) >= 11 is 0. The van der Waals surface area contributed by atoms with Crippen molar-refractivity contribution < 1.29 is 24.5 Å². The Hall–Kier alpha value is -2.28. The molecule has 114 valence electrons. The third-order valence-corrected chi connectivity index (χ3v) is 3.24. The van der Waals surface area contributed by atoms with Crippen LogP contribution in [-0.4, -0.2) is 52.4 Å². The molecule has 2 atom stereocenters. The normalized spacial score (nSPS) is 21.1. The number of hydrogen-bond acceptors (Lipinski definition) is 4. The van der Waals surface area contributed by atoms with Crippen LogP contribution in [0.4, 0.5) is 10.5 Å². The second-order valence-electron chi connectivity index (χ2n) is 4.78. The van der Waals surface area contributed by atoms with Crippen molar-refractivity contribution in [1.29, 1.82) is 0 Å². The molecule has 1 aromatic carbocycles. The van der Waals surface area contributed by atoms with Gasteiger partial charge in [-0.25, -0.2) is 9.59 Å². The number of amides is 2. The van der Waals surface area contributed by atoms with Gasteiger partial charge in [0, 0.05) is 18.7 Å². The molecule has 2 rings (SSSR count). The second-order valence-corrected chi connectivity index (χ2v) is 4.78. The van der Waals surface area contributed by atoms with Crippen LogP contribution in [0.3, 0.4) is 0 Å². The number of carboxylic acids is 1. The molecule has 7 nitrogen and oxygen atoms in total. The topological polar surface area (TPSA) is 99.1 Å². The SMILES string of the molecule is CCOc1ccc(NC(=O)N2CC(O)CC2C(=O)O)cc1. The standard InChI is InChI=1S/C14H18N2O5/c1-2-21-11-5-3-9(4-6-11)15-14(20)16-8-10(17)7-12(16)13(18)19/h3-6,10,12,17H,2,7-8H2,1H3,(H,15,20)(H,18,19). The number of anilines is 1. The van der Waals surface area contributed by atoms with Crippen LogP contribution in [0.2, 0.25) is 0 Å². The number of carbonyl (C=O) groups is 2. The van der Waals surface area contributed by atoms with Gasteiger partial charge in [0.1, 0.15) is 11.8 Å². The van der Waals surface area contributed by atoms with Crippen LogP contribution in [0.25, 0.3) is 0 Å². The molecule has 1 saturated heterocycles. The van der Waals surface area contributed by atoms with E-state index in [0.717, 1.165) is 4.90 Å². The first-order chi connectivity index (χ1) is 10.0. The Bertz CT molecular complexity index is 517. The van der Waals surface area contributed by atoms with Crippen molar-refractivity contribution in [2.24, 2.45) is 0 Å². The highest BCUT2D eigenvalue weighted by atomic mass is 16.5. The van der Waals surface area contributed by atoms with Crippen LogP contribution in [0.1, 0.15) is 13.3 Å². The Morgan fingerprint density at radius 2 is 2.05 bits per heavy atom. The number of carbonyl (C=O) groups excluding carboxylic acids is 1. The van der Waals surface area contributed by atoms with Crippen molar-refractivity contribution in [2.75, 3.05) is 18.5 Å². The molecule has 1 aromatic rings. The largest absolute Gasteiger partial charge is 0.494 e. The number of nitrogens with one attached hydrogen (secondary N) is 1. The third kappa shape index (κ3) is 3.63. The Balaban J connectivity index is 2.01. The zero-order valence-electron chi connectivity index (χ0n) is 11.7. The van der Waals surface area contributed by atoms with Crippen LogP contribution in [0.5, 0.6) is 5.75 Å². The van der Waals surface area contributed by atoms with Crippen molar-refractivity contribution in [1.82, 2.24) is 4.90 Å². The van der Waals surface area contributed by atoms with E-state index >= 15 is 0 Å². The lowest BCUT2D eigenvalue weighted by molar-refractivity contribution is -0.141. The van der Waals surface area contributed by atoms with Crippen LogP contribution in [-0.2, 0) is 4.79 Å². The number of aliphatic hydroxyl groups excluding tert-OH is 1. The van der Waals surface area contributed by atoms with Crippen LogP contribution in [0.15, 0.2) is 24.3 Å². The quantitative estimate of drug-likeness (QED) is 0.773. The highest BCUT2D eigenvalue weighted by Gasteiger charge is 2.38. The van der Waals surface area contributed by atoms with E-state index in [1.807, 2.05) is 6.92 Å². The highest BCUT2D eigenvalue weighted by molar-refractivity contribution is 5.92. The van der Waals surface area contributed by atoms with Crippen LogP contribution >= 0.6 is 0 Å². The zero-order chi connectivity index (χ0) is 15.4. The van der Waals surface area contributed by atoms with E-state index in [2.05, 4.69) is 5.32 Å². The maximum atomic E-state index is 12.1. The van der Waals surface area contributed by atoms with E-state index in [4.69, 9.17) is 9.84 Å². The minimum atomic E-state index is -1.12. The molecule has 1 aliphatic heterocycles. The van der Waals surface area contributed by atoms with Gasteiger partial charge in [-0.2, -0.15) is 0 Å². The number of carboxylic acid groups (broad SMARTS) is 1. The van der Waals surface area contributed by atoms with Crippen LogP contribution in [0, 0.1) is 0 Å². The minimum Gasteiger partial charge on any atom is -0.494 e. The van der Waals surface area contributed by atoms with Gasteiger partial charge in [-0.3, -0.25) is 0 Å². The number of β-amino-alcohol motifs (C(OH)–C–C–N with tert-alkyl or cyclic N) is 1. The molecular weight excluding hydrogens is 276 g/mol. The van der Waals surface area contributed by atoms with Crippen LogP contribution < -0.4 is 10.1 Å². The predicted molar refractivity (Wildman–Crippen MR) is 75.4 cm³/mol. The van der Waals surface area contributed by atoms with Gasteiger partial charge >= 0.3 is 12.0 Å². The number of aliphatic carboxylic acids is 1. The van der Waals surface area contributed by atoms with Gasteiger partial charge in [-0.05, 0) is 31.2 Å². The van der Waals surface area contributed by atoms with Gasteiger partial charge in [-0.1, -0.05) is 0 Å². The molecule has 0 aromatic heterocycles. The van der Waals surface area contributed by atoms with Gasteiger partial charge in [0.25, 0.3) is 0 Å². The van der Waals surface area contributed by atoms with Gasteiger partial charge in [0.15, 0.2) is 0 Å². The predicted octanol–water partition coefficient (Wildman–Crippen LogP) is 1.14. The molecule has 21 heavy (non-hydrogen) atoms. The fourth-order valence-corrected chi connectivity index (χ4v) is 2.27. The Labute approximate surface area is 122 Å². The maximum absolute atomic E-state index is 12.1. The molecule has 0 aliphatic carbocycles. The number of ether oxygens (including phenoxy) is 1. The van der Waals surface area contributed by atoms with Gasteiger partial charge in [0.05, 0.1) is 12.7 Å². The highest BCUT2D eigenvalue weighted by Crippen LogP contribution is 2.21. The first-order valence-electron chi connectivity index (χ1n) is 6.72. The fourth-order valence-electron chi connectivity index (χ4n) is 2.27. The lowest BCUT2D eigenvalue weighted by Crippen LogP contribution is -2.43. The summed E-state index contributed by atoms with van der Waals surface area (Å²) in [5.74, 6) is -0.427. The van der Waals surface area contributed by atoms with Gasteiger partial charge < -0.3 is 25.2 Å². The van der Waals surface area contributed by atoms with E-state index in [0.29, 0.717) is 18.0 Å². The van der Waals surface area contributed by atoms with Crippen molar-refractivity contribution in [3.8, 4) is 5.75 Å². The van der Waals surface area contributed by atoms with Gasteiger partial charge in [0.2, 0.25) is 0 Å². The molecule has 3 N–H and O–H groups in total. The molecule has 2 amide bonds. The first kappa shape index (κ1) is 15.1. The molecule has 0 spiro atoms. The van der Waals surface area contributed by atoms with Crippen molar-refractivity contribution in [2.45, 2.75) is 25.5 Å². The molecular formula is C14H18N2O5. The molecule has 1 heterocycles. The summed E-state index contributed by atoms with van der Waals surface area (Å²) in [5, 5.41) is 21.2. The summed E-state index contributed by atoms with van der Waals surface area (Å²) in [4.78, 5) is 24.3. The summed E-state index contributed by atoms with van der Waals surface area (Å²) in [5.41, 5.74) is 0.536. The molecule has 1 aliphatic rings. The van der Waals surface area contributed by atoms with E-state index in [-0.39, 0.29) is 13.0 Å². The molecule has 0 radical (unpaired) electrons. The summed E-state index contributed by atoms with van der Waals surface area (Å²) in [7, 11) is 0. The maximum Gasteiger partial charge on any atom is 0.326 e. The Morgan fingerprint density at radius 3 is 2.62 bits per heavy atom. The number of aliphatic hydroxyl groups is 1. The Morgan fingerprint density at radius 1 is 1.38 bits per heavy atom. The molecule has 7 heteroatoms. The monoisotopic (exact) mass is 294 g/mol. The lowest BCUT2D eigenvalue weighted by atomic mass is 10.2. The molecule has 2 unspecified atom stereocenters.